The van der Waals surface area contributed by atoms with E-state index in [1.165, 1.54) is 11.3 Å². The van der Waals surface area contributed by atoms with E-state index in [1.807, 2.05) is 6.92 Å². The van der Waals surface area contributed by atoms with Gasteiger partial charge in [0.25, 0.3) is 5.91 Å². The maximum atomic E-state index is 11.8. The molecule has 0 fully saturated rings. The summed E-state index contributed by atoms with van der Waals surface area (Å²) in [6, 6.07) is 0. The second-order valence-electron chi connectivity index (χ2n) is 3.52. The fourth-order valence-electron chi connectivity index (χ4n) is 1.32. The van der Waals surface area contributed by atoms with E-state index in [-0.39, 0.29) is 5.91 Å². The molecule has 0 saturated heterocycles. The van der Waals surface area contributed by atoms with Gasteiger partial charge in [0.15, 0.2) is 5.13 Å². The molecule has 0 bridgehead atoms. The van der Waals surface area contributed by atoms with Crippen LogP contribution in [0, 0.1) is 6.92 Å². The van der Waals surface area contributed by atoms with E-state index in [9.17, 15) is 4.79 Å². The van der Waals surface area contributed by atoms with Gasteiger partial charge in [-0.25, -0.2) is 9.97 Å². The molecule has 2 heterocycles. The number of nitrogens with one attached hydrogen (secondary N) is 1. The van der Waals surface area contributed by atoms with Crippen LogP contribution >= 0.6 is 11.3 Å². The highest BCUT2D eigenvalue weighted by atomic mass is 32.1. The van der Waals surface area contributed by atoms with Crippen molar-refractivity contribution in [1.82, 2.24) is 14.5 Å². The lowest BCUT2D eigenvalue weighted by atomic mass is 10.4. The number of amides is 1. The molecular formula is C10H13N5OS. The molecule has 0 aliphatic carbocycles. The summed E-state index contributed by atoms with van der Waals surface area (Å²) in [4.78, 5) is 20.9. The Balaban J connectivity index is 2.03. The molecule has 2 aromatic rings. The number of nitrogens with two attached hydrogens (primary N) is 1. The molecule has 7 heteroatoms. The molecule has 1 amide bonds. The summed E-state index contributed by atoms with van der Waals surface area (Å²) in [6.45, 7) is 3.10. The van der Waals surface area contributed by atoms with Gasteiger partial charge in [0.1, 0.15) is 5.69 Å². The first-order chi connectivity index (χ1) is 8.19. The SMILES string of the molecule is Cc1cnc(NC(=O)c2cn(CCN)cn2)s1. The number of nitrogens with zero attached hydrogens (tertiary/aromatic N) is 3. The Kier molecular flexibility index (Phi) is 3.50. The second kappa shape index (κ2) is 5.07. The zero-order chi connectivity index (χ0) is 12.3. The van der Waals surface area contributed by atoms with E-state index in [4.69, 9.17) is 5.73 Å². The van der Waals surface area contributed by atoms with E-state index < -0.39 is 0 Å². The number of carbonyl (C=O) groups excluding carboxylic acids is 1. The molecule has 0 atom stereocenters. The molecule has 6 nitrogen and oxygen atoms in total. The van der Waals surface area contributed by atoms with Crippen LogP contribution in [0.4, 0.5) is 5.13 Å². The van der Waals surface area contributed by atoms with Gasteiger partial charge in [-0.3, -0.25) is 10.1 Å². The lowest BCUT2D eigenvalue weighted by Crippen LogP contribution is -2.12. The van der Waals surface area contributed by atoms with E-state index in [1.54, 1.807) is 23.3 Å². The molecule has 0 saturated carbocycles. The van der Waals surface area contributed by atoms with Crippen molar-refractivity contribution in [2.24, 2.45) is 5.73 Å². The highest BCUT2D eigenvalue weighted by molar-refractivity contribution is 7.15. The van der Waals surface area contributed by atoms with Crippen molar-refractivity contribution in [2.75, 3.05) is 11.9 Å². The van der Waals surface area contributed by atoms with Crippen LogP contribution < -0.4 is 11.1 Å². The second-order valence-corrected chi connectivity index (χ2v) is 4.75. The number of thiazole rings is 1. The van der Waals surface area contributed by atoms with E-state index in [2.05, 4.69) is 15.3 Å². The molecule has 0 aliphatic rings. The summed E-state index contributed by atoms with van der Waals surface area (Å²) < 4.78 is 1.78. The summed E-state index contributed by atoms with van der Waals surface area (Å²) in [5.41, 5.74) is 5.78. The van der Waals surface area contributed by atoms with E-state index in [0.29, 0.717) is 23.9 Å². The Labute approximate surface area is 102 Å². The Bertz CT molecular complexity index is 518. The van der Waals surface area contributed by atoms with Crippen LogP contribution in [0.3, 0.4) is 0 Å². The Morgan fingerprint density at radius 2 is 2.41 bits per heavy atom. The number of imidazole rings is 1. The molecule has 2 aromatic heterocycles. The van der Waals surface area contributed by atoms with Crippen LogP contribution in [-0.2, 0) is 6.54 Å². The minimum atomic E-state index is -0.255. The van der Waals surface area contributed by atoms with Crippen molar-refractivity contribution >= 4 is 22.4 Å². The molecule has 0 spiro atoms. The summed E-state index contributed by atoms with van der Waals surface area (Å²) in [5, 5.41) is 3.28. The predicted molar refractivity (Wildman–Crippen MR) is 66.1 cm³/mol. The minimum absolute atomic E-state index is 0.255. The maximum absolute atomic E-state index is 11.8. The predicted octanol–water partition coefficient (Wildman–Crippen LogP) is 0.859. The first kappa shape index (κ1) is 11.7. The lowest BCUT2D eigenvalue weighted by molar-refractivity contribution is 0.102. The van der Waals surface area contributed by atoms with Crippen molar-refractivity contribution in [3.63, 3.8) is 0 Å². The van der Waals surface area contributed by atoms with Gasteiger partial charge in [0.2, 0.25) is 0 Å². The molecular weight excluding hydrogens is 238 g/mol. The van der Waals surface area contributed by atoms with Gasteiger partial charge >= 0.3 is 0 Å². The van der Waals surface area contributed by atoms with Gasteiger partial charge in [-0.15, -0.1) is 11.3 Å². The van der Waals surface area contributed by atoms with Crippen LogP contribution in [0.1, 0.15) is 15.4 Å². The van der Waals surface area contributed by atoms with Crippen LogP contribution in [0.2, 0.25) is 0 Å². The van der Waals surface area contributed by atoms with Crippen LogP contribution in [0.15, 0.2) is 18.7 Å². The smallest absolute Gasteiger partial charge is 0.277 e. The van der Waals surface area contributed by atoms with Gasteiger partial charge in [-0.2, -0.15) is 0 Å². The van der Waals surface area contributed by atoms with Gasteiger partial charge in [-0.05, 0) is 6.92 Å². The quantitative estimate of drug-likeness (QED) is 0.843. The van der Waals surface area contributed by atoms with Gasteiger partial charge in [0, 0.05) is 30.4 Å². The summed E-state index contributed by atoms with van der Waals surface area (Å²) in [5.74, 6) is -0.255. The topological polar surface area (TPSA) is 85.8 Å². The zero-order valence-electron chi connectivity index (χ0n) is 9.38. The molecule has 2 rings (SSSR count). The third-order valence-electron chi connectivity index (χ3n) is 2.09. The number of rotatable bonds is 4. The lowest BCUT2D eigenvalue weighted by Gasteiger charge is -1.97. The van der Waals surface area contributed by atoms with Crippen molar-refractivity contribution < 1.29 is 4.79 Å². The Morgan fingerprint density at radius 1 is 1.59 bits per heavy atom. The zero-order valence-corrected chi connectivity index (χ0v) is 10.2. The normalized spacial score (nSPS) is 10.5. The van der Waals surface area contributed by atoms with Crippen LogP contribution in [0.5, 0.6) is 0 Å². The van der Waals surface area contributed by atoms with Gasteiger partial charge in [-0.1, -0.05) is 0 Å². The largest absolute Gasteiger partial charge is 0.335 e. The van der Waals surface area contributed by atoms with Crippen molar-refractivity contribution in [1.29, 1.82) is 0 Å². The summed E-state index contributed by atoms with van der Waals surface area (Å²) in [6.07, 6.45) is 4.98. The molecule has 3 N–H and O–H groups in total. The third kappa shape index (κ3) is 2.89. The minimum Gasteiger partial charge on any atom is -0.335 e. The first-order valence-corrected chi connectivity index (χ1v) is 5.96. The van der Waals surface area contributed by atoms with Gasteiger partial charge in [0.05, 0.1) is 6.33 Å². The van der Waals surface area contributed by atoms with Crippen LogP contribution in [-0.4, -0.2) is 27.0 Å². The Morgan fingerprint density at radius 3 is 3.06 bits per heavy atom. The molecule has 0 aliphatic heterocycles. The fraction of sp³-hybridized carbons (Fsp3) is 0.300. The highest BCUT2D eigenvalue weighted by Gasteiger charge is 2.11. The standard InChI is InChI=1S/C10H13N5OS/c1-7-4-12-10(17-7)14-9(16)8-5-15(3-2-11)6-13-8/h4-6H,2-3,11H2,1H3,(H,12,14,16). The van der Waals surface area contributed by atoms with Crippen LogP contribution in [0.25, 0.3) is 0 Å². The number of hydrogen-bond acceptors (Lipinski definition) is 5. The molecule has 0 aromatic carbocycles. The third-order valence-corrected chi connectivity index (χ3v) is 2.92. The molecule has 17 heavy (non-hydrogen) atoms. The van der Waals surface area contributed by atoms with Crippen molar-refractivity contribution in [2.45, 2.75) is 13.5 Å². The summed E-state index contributed by atoms with van der Waals surface area (Å²) >= 11 is 1.43. The maximum Gasteiger partial charge on any atom is 0.277 e. The molecule has 0 unspecified atom stereocenters. The van der Waals surface area contributed by atoms with Crippen molar-refractivity contribution in [3.8, 4) is 0 Å². The molecule has 90 valence electrons. The number of anilines is 1. The van der Waals surface area contributed by atoms with Crippen molar-refractivity contribution in [3.05, 3.63) is 29.3 Å². The van der Waals surface area contributed by atoms with Gasteiger partial charge < -0.3 is 10.3 Å². The summed E-state index contributed by atoms with van der Waals surface area (Å²) in [7, 11) is 0. The average molecular weight is 251 g/mol. The number of aromatic nitrogens is 3. The van der Waals surface area contributed by atoms with E-state index in [0.717, 1.165) is 4.88 Å². The first-order valence-electron chi connectivity index (χ1n) is 5.14. The van der Waals surface area contributed by atoms with E-state index >= 15 is 0 Å². The Hall–Kier alpha value is -1.73. The highest BCUT2D eigenvalue weighted by Crippen LogP contribution is 2.17. The number of aryl methyl sites for hydroxylation is 1. The number of hydrogen-bond donors (Lipinski definition) is 2. The number of carbonyl (C=O) groups is 1. The monoisotopic (exact) mass is 251 g/mol. The average Bonchev–Trinajstić information content (AvgIpc) is 2.88. The fourth-order valence-corrected chi connectivity index (χ4v) is 1.98. The molecule has 0 radical (unpaired) electrons.